The molecule has 0 aliphatic rings. The van der Waals surface area contributed by atoms with Crippen LogP contribution in [0.15, 0.2) is 48.5 Å². The first-order valence-electron chi connectivity index (χ1n) is 8.44. The van der Waals surface area contributed by atoms with Crippen LogP contribution in [0.3, 0.4) is 0 Å². The Labute approximate surface area is 154 Å². The van der Waals surface area contributed by atoms with Crippen molar-refractivity contribution in [2.24, 2.45) is 5.73 Å². The number of carbonyl (C=O) groups is 2. The third kappa shape index (κ3) is 4.95. The monoisotopic (exact) mass is 349 g/mol. The van der Waals surface area contributed by atoms with E-state index < -0.39 is 0 Å². The van der Waals surface area contributed by atoms with Gasteiger partial charge in [0.2, 0.25) is 11.8 Å². The number of para-hydroxylation sites is 1. The molecule has 0 saturated heterocycles. The molecule has 2 aromatic carbocycles. The summed E-state index contributed by atoms with van der Waals surface area (Å²) < 4.78 is 0. The molecule has 3 N–H and O–H groups in total. The van der Waals surface area contributed by atoms with Crippen molar-refractivity contribution in [3.8, 4) is 12.3 Å². The molecular formula is C21H23N3O2. The highest BCUT2D eigenvalue weighted by atomic mass is 16.2. The van der Waals surface area contributed by atoms with Gasteiger partial charge in [0.05, 0.1) is 18.8 Å². The molecule has 0 bridgehead atoms. The zero-order valence-electron chi connectivity index (χ0n) is 14.9. The second kappa shape index (κ2) is 9.40. The molecule has 0 heterocycles. The van der Waals surface area contributed by atoms with Crippen molar-refractivity contribution in [3.63, 3.8) is 0 Å². The van der Waals surface area contributed by atoms with Crippen LogP contribution in [0, 0.1) is 19.3 Å². The Morgan fingerprint density at radius 3 is 2.54 bits per heavy atom. The van der Waals surface area contributed by atoms with Crippen molar-refractivity contribution in [2.75, 3.05) is 18.0 Å². The number of nitrogens with zero attached hydrogens (tertiary/aromatic N) is 1. The van der Waals surface area contributed by atoms with Crippen LogP contribution in [0.1, 0.15) is 23.1 Å². The second-order valence-electron chi connectivity index (χ2n) is 5.87. The van der Waals surface area contributed by atoms with Gasteiger partial charge in [-0.05, 0) is 30.2 Å². The maximum Gasteiger partial charge on any atom is 0.233 e. The molecule has 5 nitrogen and oxygen atoms in total. The third-order valence-electron chi connectivity index (χ3n) is 4.09. The molecule has 2 amide bonds. The van der Waals surface area contributed by atoms with Crippen molar-refractivity contribution >= 4 is 17.5 Å². The van der Waals surface area contributed by atoms with Gasteiger partial charge < -0.3 is 16.0 Å². The minimum Gasteiger partial charge on any atom is -0.354 e. The molecule has 134 valence electrons. The number of anilines is 1. The van der Waals surface area contributed by atoms with Gasteiger partial charge >= 0.3 is 0 Å². The van der Waals surface area contributed by atoms with Gasteiger partial charge in [0.25, 0.3) is 0 Å². The van der Waals surface area contributed by atoms with E-state index in [1.54, 1.807) is 4.90 Å². The molecule has 0 unspecified atom stereocenters. The van der Waals surface area contributed by atoms with E-state index in [-0.39, 0.29) is 31.3 Å². The van der Waals surface area contributed by atoms with Crippen LogP contribution in [0.4, 0.5) is 5.69 Å². The lowest BCUT2D eigenvalue weighted by Gasteiger charge is -2.25. The summed E-state index contributed by atoms with van der Waals surface area (Å²) in [7, 11) is 0. The van der Waals surface area contributed by atoms with Gasteiger partial charge in [-0.15, -0.1) is 6.42 Å². The summed E-state index contributed by atoms with van der Waals surface area (Å²) in [4.78, 5) is 25.8. The number of hydrogen-bond donors (Lipinski definition) is 2. The van der Waals surface area contributed by atoms with E-state index >= 15 is 0 Å². The van der Waals surface area contributed by atoms with Gasteiger partial charge in [0, 0.05) is 18.5 Å². The fourth-order valence-electron chi connectivity index (χ4n) is 2.61. The number of carbonyl (C=O) groups excluding carboxylic acids is 2. The average Bonchev–Trinajstić information content (AvgIpc) is 2.67. The first kappa shape index (κ1) is 19.2. The Morgan fingerprint density at radius 1 is 1.15 bits per heavy atom. The lowest BCUT2D eigenvalue weighted by atomic mass is 10.1. The van der Waals surface area contributed by atoms with Gasteiger partial charge in [0.1, 0.15) is 0 Å². The van der Waals surface area contributed by atoms with Gasteiger partial charge in [-0.25, -0.2) is 0 Å². The first-order chi connectivity index (χ1) is 12.6. The summed E-state index contributed by atoms with van der Waals surface area (Å²) in [5.74, 6) is 2.23. The highest BCUT2D eigenvalue weighted by Gasteiger charge is 2.19. The highest BCUT2D eigenvalue weighted by Crippen LogP contribution is 2.23. The topological polar surface area (TPSA) is 75.4 Å². The van der Waals surface area contributed by atoms with Crippen molar-refractivity contribution in [1.82, 2.24) is 5.32 Å². The molecule has 0 radical (unpaired) electrons. The lowest BCUT2D eigenvalue weighted by molar-refractivity contribution is -0.120. The molecule has 2 rings (SSSR count). The van der Waals surface area contributed by atoms with Gasteiger partial charge in [-0.3, -0.25) is 9.59 Å². The van der Waals surface area contributed by atoms with Crippen LogP contribution >= 0.6 is 0 Å². The average molecular weight is 349 g/mol. The minimum absolute atomic E-state index is 0.0962. The highest BCUT2D eigenvalue weighted by molar-refractivity contribution is 5.95. The standard InChI is InChI=1S/C21H23N3O2/c1-3-17-9-6-7-11-19(17)24(15-18-10-5-4-8-16(18)2)21(26)12-13-23-20(25)14-22/h1,4-11H,12-15,22H2,2H3,(H,23,25). The van der Waals surface area contributed by atoms with E-state index in [0.29, 0.717) is 17.8 Å². The Morgan fingerprint density at radius 2 is 1.85 bits per heavy atom. The van der Waals surface area contributed by atoms with Gasteiger partial charge in [0.15, 0.2) is 0 Å². The number of hydrogen-bond acceptors (Lipinski definition) is 3. The molecule has 0 saturated carbocycles. The van der Waals surface area contributed by atoms with E-state index in [1.165, 1.54) is 0 Å². The molecule has 0 spiro atoms. The number of nitrogens with two attached hydrogens (primary N) is 1. The molecular weight excluding hydrogens is 326 g/mol. The van der Waals surface area contributed by atoms with Gasteiger partial charge in [-0.1, -0.05) is 42.3 Å². The Kier molecular flexibility index (Phi) is 6.95. The van der Waals surface area contributed by atoms with Crippen molar-refractivity contribution in [3.05, 3.63) is 65.2 Å². The largest absolute Gasteiger partial charge is 0.354 e. The van der Waals surface area contributed by atoms with E-state index in [4.69, 9.17) is 12.2 Å². The quantitative estimate of drug-likeness (QED) is 0.751. The van der Waals surface area contributed by atoms with Crippen molar-refractivity contribution in [1.29, 1.82) is 0 Å². The Bertz CT molecular complexity index is 824. The van der Waals surface area contributed by atoms with Crippen LogP contribution in [0.5, 0.6) is 0 Å². The zero-order valence-corrected chi connectivity index (χ0v) is 14.9. The summed E-state index contributed by atoms with van der Waals surface area (Å²) in [5, 5.41) is 2.62. The van der Waals surface area contributed by atoms with Crippen molar-refractivity contribution < 1.29 is 9.59 Å². The van der Waals surface area contributed by atoms with Crippen LogP contribution in [0.25, 0.3) is 0 Å². The summed E-state index contributed by atoms with van der Waals surface area (Å²) in [6.07, 6.45) is 5.77. The number of rotatable bonds is 7. The molecule has 0 aliphatic carbocycles. The Hall–Kier alpha value is -3.10. The lowest BCUT2D eigenvalue weighted by Crippen LogP contribution is -2.36. The van der Waals surface area contributed by atoms with Gasteiger partial charge in [-0.2, -0.15) is 0 Å². The van der Waals surface area contributed by atoms with E-state index in [0.717, 1.165) is 11.1 Å². The van der Waals surface area contributed by atoms with Crippen LogP contribution in [-0.2, 0) is 16.1 Å². The normalized spacial score (nSPS) is 10.0. The first-order valence-corrected chi connectivity index (χ1v) is 8.44. The number of amides is 2. The second-order valence-corrected chi connectivity index (χ2v) is 5.87. The fourth-order valence-corrected chi connectivity index (χ4v) is 2.61. The Balaban J connectivity index is 2.27. The zero-order chi connectivity index (χ0) is 18.9. The molecule has 0 aromatic heterocycles. The molecule has 5 heteroatoms. The summed E-state index contributed by atoms with van der Waals surface area (Å²) in [5.41, 5.74) is 8.75. The number of aryl methyl sites for hydroxylation is 1. The third-order valence-corrected chi connectivity index (χ3v) is 4.09. The maximum atomic E-state index is 12.9. The number of benzene rings is 2. The minimum atomic E-state index is -0.285. The van der Waals surface area contributed by atoms with E-state index in [9.17, 15) is 9.59 Å². The predicted molar refractivity (Wildman–Crippen MR) is 103 cm³/mol. The van der Waals surface area contributed by atoms with Crippen LogP contribution in [0.2, 0.25) is 0 Å². The molecule has 0 aliphatic heterocycles. The fraction of sp³-hybridized carbons (Fsp3) is 0.238. The molecule has 26 heavy (non-hydrogen) atoms. The molecule has 0 atom stereocenters. The summed E-state index contributed by atoms with van der Waals surface area (Å²) in [6, 6.07) is 15.2. The van der Waals surface area contributed by atoms with Crippen molar-refractivity contribution in [2.45, 2.75) is 19.9 Å². The van der Waals surface area contributed by atoms with E-state index in [2.05, 4.69) is 11.2 Å². The van der Waals surface area contributed by atoms with Crippen LogP contribution < -0.4 is 16.0 Å². The number of terminal acetylenes is 1. The summed E-state index contributed by atoms with van der Waals surface area (Å²) in [6.45, 7) is 2.56. The smallest absolute Gasteiger partial charge is 0.233 e. The number of nitrogens with one attached hydrogen (secondary N) is 1. The summed E-state index contributed by atoms with van der Waals surface area (Å²) >= 11 is 0. The SMILES string of the molecule is C#Cc1ccccc1N(Cc1ccccc1C)C(=O)CCNC(=O)CN. The maximum absolute atomic E-state index is 12.9. The van der Waals surface area contributed by atoms with E-state index in [1.807, 2.05) is 55.5 Å². The molecule has 2 aromatic rings. The molecule has 0 fully saturated rings. The predicted octanol–water partition coefficient (Wildman–Crippen LogP) is 1.97. The van der Waals surface area contributed by atoms with Crippen LogP contribution in [-0.4, -0.2) is 24.9 Å².